The van der Waals surface area contributed by atoms with Gasteiger partial charge in [-0.05, 0) is 13.3 Å². The van der Waals surface area contributed by atoms with E-state index in [4.69, 9.17) is 10.8 Å². The maximum atomic E-state index is 10.8. The van der Waals surface area contributed by atoms with Crippen molar-refractivity contribution in [2.45, 2.75) is 32.4 Å². The number of rotatable bonds is 4. The van der Waals surface area contributed by atoms with Crippen LogP contribution in [0.4, 0.5) is 0 Å². The molecule has 11 heavy (non-hydrogen) atoms. The van der Waals surface area contributed by atoms with E-state index in [0.717, 1.165) is 0 Å². The van der Waals surface area contributed by atoms with Crippen LogP contribution >= 0.6 is 0 Å². The first-order chi connectivity index (χ1) is 5.13. The molecule has 0 aromatic carbocycles. The van der Waals surface area contributed by atoms with Crippen molar-refractivity contribution < 1.29 is 14.6 Å². The van der Waals surface area contributed by atoms with Crippen molar-refractivity contribution in [2.75, 3.05) is 6.61 Å². The van der Waals surface area contributed by atoms with E-state index in [1.165, 1.54) is 0 Å². The molecule has 0 aromatic heterocycles. The molecule has 66 valence electrons. The molecule has 0 saturated heterocycles. The number of esters is 1. The molecule has 4 heteroatoms. The highest BCUT2D eigenvalue weighted by Crippen LogP contribution is 1.97. The molecule has 0 unspecified atom stereocenters. The van der Waals surface area contributed by atoms with Crippen molar-refractivity contribution in [1.82, 2.24) is 0 Å². The smallest absolute Gasteiger partial charge is 0.325 e. The highest BCUT2D eigenvalue weighted by molar-refractivity contribution is 5.76. The summed E-state index contributed by atoms with van der Waals surface area (Å²) in [6.45, 7) is 3.75. The molecule has 0 radical (unpaired) electrons. The van der Waals surface area contributed by atoms with Crippen LogP contribution in [0.3, 0.4) is 0 Å². The lowest BCUT2D eigenvalue weighted by molar-refractivity contribution is -0.147. The van der Waals surface area contributed by atoms with Gasteiger partial charge in [0.05, 0.1) is 12.7 Å². The van der Waals surface area contributed by atoms with E-state index < -0.39 is 18.1 Å². The second-order valence-electron chi connectivity index (χ2n) is 2.25. The predicted octanol–water partition coefficient (Wildman–Crippen LogP) is -0.352. The quantitative estimate of drug-likeness (QED) is 0.553. The van der Waals surface area contributed by atoms with Gasteiger partial charge in [0.2, 0.25) is 0 Å². The first kappa shape index (κ1) is 10.4. The predicted molar refractivity (Wildman–Crippen MR) is 40.9 cm³/mol. The number of nitrogens with two attached hydrogens (primary N) is 1. The van der Waals surface area contributed by atoms with Gasteiger partial charge in [-0.25, -0.2) is 0 Å². The van der Waals surface area contributed by atoms with Crippen LogP contribution < -0.4 is 5.73 Å². The van der Waals surface area contributed by atoms with Crippen LogP contribution in [0.5, 0.6) is 0 Å². The van der Waals surface area contributed by atoms with Gasteiger partial charge >= 0.3 is 5.97 Å². The number of aliphatic hydroxyl groups is 1. The number of hydrogen-bond donors (Lipinski definition) is 2. The Kier molecular flexibility index (Phi) is 4.81. The topological polar surface area (TPSA) is 72.5 Å². The Morgan fingerprint density at radius 2 is 2.18 bits per heavy atom. The summed E-state index contributed by atoms with van der Waals surface area (Å²) in [7, 11) is 0. The third-order valence-corrected chi connectivity index (χ3v) is 1.39. The van der Waals surface area contributed by atoms with E-state index in [-0.39, 0.29) is 0 Å². The highest BCUT2D eigenvalue weighted by Gasteiger charge is 2.21. The van der Waals surface area contributed by atoms with Gasteiger partial charge in [0.1, 0.15) is 6.04 Å². The zero-order valence-corrected chi connectivity index (χ0v) is 6.91. The standard InChI is InChI=1S/C7H15NO3/c1-3-5(9)6(8)7(10)11-4-2/h5-6,9H,3-4,8H2,1-2H3/t5-,6-/m1/s1. The maximum Gasteiger partial charge on any atom is 0.325 e. The third-order valence-electron chi connectivity index (χ3n) is 1.39. The fraction of sp³-hybridized carbons (Fsp3) is 0.857. The molecule has 3 N–H and O–H groups in total. The van der Waals surface area contributed by atoms with E-state index in [9.17, 15) is 4.79 Å². The molecule has 0 bridgehead atoms. The SMILES string of the molecule is CCOC(=O)[C@H](N)[C@H](O)CC. The van der Waals surface area contributed by atoms with Crippen molar-refractivity contribution in [3.63, 3.8) is 0 Å². The van der Waals surface area contributed by atoms with E-state index in [0.29, 0.717) is 13.0 Å². The Bertz CT molecular complexity index is 127. The van der Waals surface area contributed by atoms with E-state index in [2.05, 4.69) is 4.74 Å². The molecule has 0 fully saturated rings. The number of hydrogen-bond acceptors (Lipinski definition) is 4. The van der Waals surface area contributed by atoms with Crippen molar-refractivity contribution in [2.24, 2.45) is 5.73 Å². The molecule has 0 heterocycles. The van der Waals surface area contributed by atoms with Gasteiger partial charge in [0.15, 0.2) is 0 Å². The molecular formula is C7H15NO3. The lowest BCUT2D eigenvalue weighted by Crippen LogP contribution is -2.42. The summed E-state index contributed by atoms with van der Waals surface area (Å²) in [6, 6.07) is -0.903. The summed E-state index contributed by atoms with van der Waals surface area (Å²) in [6.07, 6.45) is -0.339. The summed E-state index contributed by atoms with van der Waals surface area (Å²) in [5, 5.41) is 9.10. The van der Waals surface area contributed by atoms with Crippen LogP contribution in [0.25, 0.3) is 0 Å². The van der Waals surface area contributed by atoms with Gasteiger partial charge in [-0.3, -0.25) is 4.79 Å². The molecule has 0 rings (SSSR count). The van der Waals surface area contributed by atoms with Crippen LogP contribution in [0, 0.1) is 0 Å². The Hall–Kier alpha value is -0.610. The monoisotopic (exact) mass is 161 g/mol. The largest absolute Gasteiger partial charge is 0.465 e. The first-order valence-electron chi connectivity index (χ1n) is 3.73. The highest BCUT2D eigenvalue weighted by atomic mass is 16.5. The van der Waals surface area contributed by atoms with Crippen LogP contribution in [-0.4, -0.2) is 29.8 Å². The van der Waals surface area contributed by atoms with Crippen LogP contribution in [0.15, 0.2) is 0 Å². The normalized spacial score (nSPS) is 15.6. The zero-order valence-electron chi connectivity index (χ0n) is 6.91. The molecule has 0 aromatic rings. The Morgan fingerprint density at radius 3 is 2.55 bits per heavy atom. The van der Waals surface area contributed by atoms with Gasteiger partial charge in [-0.15, -0.1) is 0 Å². The summed E-state index contributed by atoms with van der Waals surface area (Å²) in [5.74, 6) is -0.540. The number of ether oxygens (including phenoxy) is 1. The first-order valence-corrected chi connectivity index (χ1v) is 3.73. The minimum atomic E-state index is -0.903. The number of carbonyl (C=O) groups is 1. The maximum absolute atomic E-state index is 10.8. The van der Waals surface area contributed by atoms with Gasteiger partial charge < -0.3 is 15.6 Å². The molecule has 0 aliphatic rings. The fourth-order valence-electron chi connectivity index (χ4n) is 0.650. The summed E-state index contributed by atoms with van der Waals surface area (Å²) in [4.78, 5) is 10.8. The molecular weight excluding hydrogens is 146 g/mol. The second-order valence-corrected chi connectivity index (χ2v) is 2.25. The van der Waals surface area contributed by atoms with Crippen molar-refractivity contribution >= 4 is 5.97 Å². The fourth-order valence-corrected chi connectivity index (χ4v) is 0.650. The lowest BCUT2D eigenvalue weighted by atomic mass is 10.1. The Morgan fingerprint density at radius 1 is 1.64 bits per heavy atom. The van der Waals surface area contributed by atoms with Gasteiger partial charge in [0.25, 0.3) is 0 Å². The van der Waals surface area contributed by atoms with Gasteiger partial charge in [-0.2, -0.15) is 0 Å². The zero-order chi connectivity index (χ0) is 8.85. The molecule has 0 amide bonds. The molecule has 0 saturated carbocycles. The van der Waals surface area contributed by atoms with E-state index in [1.807, 2.05) is 0 Å². The van der Waals surface area contributed by atoms with Crippen LogP contribution in [0.1, 0.15) is 20.3 Å². The second kappa shape index (κ2) is 5.09. The third kappa shape index (κ3) is 3.34. The van der Waals surface area contributed by atoms with Crippen molar-refractivity contribution in [1.29, 1.82) is 0 Å². The van der Waals surface area contributed by atoms with E-state index >= 15 is 0 Å². The average Bonchev–Trinajstić information content (AvgIpc) is 2.02. The van der Waals surface area contributed by atoms with E-state index in [1.54, 1.807) is 13.8 Å². The minimum absolute atomic E-state index is 0.295. The summed E-state index contributed by atoms with van der Waals surface area (Å²) >= 11 is 0. The molecule has 4 nitrogen and oxygen atoms in total. The number of carbonyl (C=O) groups excluding carboxylic acids is 1. The van der Waals surface area contributed by atoms with Gasteiger partial charge in [0, 0.05) is 0 Å². The summed E-state index contributed by atoms with van der Waals surface area (Å²) < 4.78 is 4.60. The molecule has 0 aliphatic carbocycles. The number of aliphatic hydroxyl groups excluding tert-OH is 1. The summed E-state index contributed by atoms with van der Waals surface area (Å²) in [5.41, 5.74) is 5.33. The van der Waals surface area contributed by atoms with Crippen molar-refractivity contribution in [3.05, 3.63) is 0 Å². The Labute approximate surface area is 66.3 Å². The van der Waals surface area contributed by atoms with Crippen LogP contribution in [0.2, 0.25) is 0 Å². The minimum Gasteiger partial charge on any atom is -0.465 e. The lowest BCUT2D eigenvalue weighted by Gasteiger charge is -2.14. The molecule has 0 aliphatic heterocycles. The van der Waals surface area contributed by atoms with Crippen LogP contribution in [-0.2, 0) is 9.53 Å². The van der Waals surface area contributed by atoms with Gasteiger partial charge in [-0.1, -0.05) is 6.92 Å². The molecule has 2 atom stereocenters. The average molecular weight is 161 g/mol. The molecule has 0 spiro atoms. The van der Waals surface area contributed by atoms with Crippen molar-refractivity contribution in [3.8, 4) is 0 Å². The Balaban J connectivity index is 3.80.